The third kappa shape index (κ3) is 2.62. The Labute approximate surface area is 118 Å². The Bertz CT molecular complexity index is 447. The fourth-order valence-corrected chi connectivity index (χ4v) is 3.97. The minimum Gasteiger partial charge on any atom is -0.345 e. The zero-order valence-electron chi connectivity index (χ0n) is 11.2. The first kappa shape index (κ1) is 14.0. The number of halogens is 1. The molecule has 4 heteroatoms. The van der Waals surface area contributed by atoms with E-state index >= 15 is 0 Å². The number of aryl methyl sites for hydroxylation is 1. The monoisotopic (exact) mass is 285 g/mol. The highest BCUT2D eigenvalue weighted by molar-refractivity contribution is 7.99. The predicted molar refractivity (Wildman–Crippen MR) is 79.1 cm³/mol. The van der Waals surface area contributed by atoms with Crippen molar-refractivity contribution < 1.29 is 4.79 Å². The standard InChI is InChI=1S/C14H20ClNOS/c1-9-7-13(14(17)10(2)15)11(3)16(9)12-5-4-6-18-8-12/h7,10,12H,4-6,8H2,1-3H3. The van der Waals surface area contributed by atoms with Gasteiger partial charge in [0.1, 0.15) is 0 Å². The van der Waals surface area contributed by atoms with Gasteiger partial charge in [0.2, 0.25) is 0 Å². The van der Waals surface area contributed by atoms with Gasteiger partial charge in [-0.05, 0) is 45.4 Å². The van der Waals surface area contributed by atoms with Crippen molar-refractivity contribution >= 4 is 29.1 Å². The van der Waals surface area contributed by atoms with Gasteiger partial charge in [-0.3, -0.25) is 4.79 Å². The van der Waals surface area contributed by atoms with E-state index in [4.69, 9.17) is 11.6 Å². The summed E-state index contributed by atoms with van der Waals surface area (Å²) >= 11 is 7.93. The van der Waals surface area contributed by atoms with E-state index in [0.717, 1.165) is 17.0 Å². The number of carbonyl (C=O) groups excluding carboxylic acids is 1. The molecule has 0 aliphatic carbocycles. The average molecular weight is 286 g/mol. The highest BCUT2D eigenvalue weighted by atomic mass is 35.5. The minimum absolute atomic E-state index is 0.0412. The van der Waals surface area contributed by atoms with Crippen LogP contribution in [-0.4, -0.2) is 27.2 Å². The van der Waals surface area contributed by atoms with Crippen molar-refractivity contribution in [2.75, 3.05) is 11.5 Å². The van der Waals surface area contributed by atoms with E-state index in [0.29, 0.717) is 6.04 Å². The molecule has 0 N–H and O–H groups in total. The van der Waals surface area contributed by atoms with Crippen LogP contribution in [0.15, 0.2) is 6.07 Å². The Kier molecular flexibility index (Phi) is 4.44. The summed E-state index contributed by atoms with van der Waals surface area (Å²) in [7, 11) is 0. The lowest BCUT2D eigenvalue weighted by molar-refractivity contribution is 0.0991. The van der Waals surface area contributed by atoms with E-state index in [1.807, 2.05) is 24.8 Å². The van der Waals surface area contributed by atoms with Gasteiger partial charge in [-0.2, -0.15) is 11.8 Å². The van der Waals surface area contributed by atoms with Gasteiger partial charge < -0.3 is 4.57 Å². The van der Waals surface area contributed by atoms with E-state index in [1.54, 1.807) is 6.92 Å². The van der Waals surface area contributed by atoms with E-state index < -0.39 is 5.38 Å². The highest BCUT2D eigenvalue weighted by Gasteiger charge is 2.24. The van der Waals surface area contributed by atoms with Gasteiger partial charge in [0.05, 0.1) is 5.38 Å². The first-order valence-corrected chi connectivity index (χ1v) is 8.06. The van der Waals surface area contributed by atoms with Crippen LogP contribution in [0, 0.1) is 13.8 Å². The SMILES string of the molecule is Cc1cc(C(=O)C(C)Cl)c(C)n1C1CCCSC1. The molecule has 0 radical (unpaired) electrons. The molecule has 2 rings (SSSR count). The third-order valence-electron chi connectivity index (χ3n) is 3.61. The lowest BCUT2D eigenvalue weighted by Crippen LogP contribution is -2.19. The molecule has 1 aromatic heterocycles. The maximum absolute atomic E-state index is 12.1. The van der Waals surface area contributed by atoms with Gasteiger partial charge in [0.15, 0.2) is 5.78 Å². The molecule has 1 aliphatic rings. The van der Waals surface area contributed by atoms with Crippen LogP contribution in [0.25, 0.3) is 0 Å². The van der Waals surface area contributed by atoms with Gasteiger partial charge in [-0.25, -0.2) is 0 Å². The zero-order chi connectivity index (χ0) is 13.3. The number of carbonyl (C=O) groups is 1. The molecule has 2 unspecified atom stereocenters. The molecule has 0 bridgehead atoms. The summed E-state index contributed by atoms with van der Waals surface area (Å²) in [5.41, 5.74) is 3.06. The molecular weight excluding hydrogens is 266 g/mol. The number of nitrogens with zero attached hydrogens (tertiary/aromatic N) is 1. The molecule has 18 heavy (non-hydrogen) atoms. The molecule has 1 aromatic rings. The molecule has 0 saturated carbocycles. The van der Waals surface area contributed by atoms with Crippen molar-refractivity contribution in [1.82, 2.24) is 4.57 Å². The topological polar surface area (TPSA) is 22.0 Å². The second kappa shape index (κ2) is 5.70. The number of rotatable bonds is 3. The Morgan fingerprint density at radius 3 is 2.83 bits per heavy atom. The lowest BCUT2D eigenvalue weighted by atomic mass is 10.1. The molecule has 100 valence electrons. The zero-order valence-corrected chi connectivity index (χ0v) is 12.8. The van der Waals surface area contributed by atoms with Crippen LogP contribution in [0.1, 0.15) is 47.6 Å². The molecule has 2 heterocycles. The lowest BCUT2D eigenvalue weighted by Gasteiger charge is -2.26. The Morgan fingerprint density at radius 2 is 2.28 bits per heavy atom. The molecule has 1 saturated heterocycles. The Balaban J connectivity index is 2.34. The van der Waals surface area contributed by atoms with Crippen molar-refractivity contribution in [2.24, 2.45) is 0 Å². The molecular formula is C14H20ClNOS. The van der Waals surface area contributed by atoms with Gasteiger partial charge >= 0.3 is 0 Å². The largest absolute Gasteiger partial charge is 0.345 e. The number of ketones is 1. The summed E-state index contributed by atoms with van der Waals surface area (Å²) in [6, 6.07) is 2.53. The van der Waals surface area contributed by atoms with Crippen LogP contribution in [0.3, 0.4) is 0 Å². The van der Waals surface area contributed by atoms with Crippen LogP contribution in [0.4, 0.5) is 0 Å². The van der Waals surface area contributed by atoms with Gasteiger partial charge in [0.25, 0.3) is 0 Å². The Hall–Kier alpha value is -0.410. The molecule has 2 atom stereocenters. The van der Waals surface area contributed by atoms with Gasteiger partial charge in [0, 0.05) is 28.7 Å². The van der Waals surface area contributed by atoms with E-state index in [-0.39, 0.29) is 5.78 Å². The van der Waals surface area contributed by atoms with Gasteiger partial charge in [-0.1, -0.05) is 0 Å². The summed E-state index contributed by atoms with van der Waals surface area (Å²) in [5, 5.41) is -0.445. The van der Waals surface area contributed by atoms with Crippen LogP contribution in [0.2, 0.25) is 0 Å². The number of alkyl halides is 1. The fraction of sp³-hybridized carbons (Fsp3) is 0.643. The maximum atomic E-state index is 12.1. The summed E-state index contributed by atoms with van der Waals surface area (Å²) in [5.74, 6) is 2.46. The Morgan fingerprint density at radius 1 is 1.56 bits per heavy atom. The van der Waals surface area contributed by atoms with Crippen molar-refractivity contribution in [3.8, 4) is 0 Å². The number of aromatic nitrogens is 1. The second-order valence-electron chi connectivity index (χ2n) is 5.01. The number of hydrogen-bond donors (Lipinski definition) is 0. The molecule has 1 aliphatic heterocycles. The third-order valence-corrected chi connectivity index (χ3v) is 5.01. The quantitative estimate of drug-likeness (QED) is 0.619. The van der Waals surface area contributed by atoms with Crippen molar-refractivity contribution in [2.45, 2.75) is 45.0 Å². The van der Waals surface area contributed by atoms with Crippen LogP contribution >= 0.6 is 23.4 Å². The fourth-order valence-electron chi connectivity index (χ4n) is 2.73. The summed E-state index contributed by atoms with van der Waals surface area (Å²) < 4.78 is 2.33. The number of thioether (sulfide) groups is 1. The van der Waals surface area contributed by atoms with Crippen molar-refractivity contribution in [1.29, 1.82) is 0 Å². The number of Topliss-reactive ketones (excluding diaryl/α,β-unsaturated/α-hetero) is 1. The smallest absolute Gasteiger partial charge is 0.182 e. The van der Waals surface area contributed by atoms with E-state index in [9.17, 15) is 4.79 Å². The molecule has 1 fully saturated rings. The van der Waals surface area contributed by atoms with Crippen LogP contribution in [-0.2, 0) is 0 Å². The average Bonchev–Trinajstić information content (AvgIpc) is 2.65. The summed E-state index contributed by atoms with van der Waals surface area (Å²) in [6.45, 7) is 5.87. The normalized spacial score (nSPS) is 21.9. The first-order valence-electron chi connectivity index (χ1n) is 6.46. The van der Waals surface area contributed by atoms with Crippen molar-refractivity contribution in [3.63, 3.8) is 0 Å². The van der Waals surface area contributed by atoms with Crippen LogP contribution < -0.4 is 0 Å². The minimum atomic E-state index is -0.445. The molecule has 0 spiro atoms. The van der Waals surface area contributed by atoms with E-state index in [2.05, 4.69) is 11.5 Å². The summed E-state index contributed by atoms with van der Waals surface area (Å²) in [4.78, 5) is 12.1. The first-order chi connectivity index (χ1) is 8.52. The van der Waals surface area contributed by atoms with Gasteiger partial charge in [-0.15, -0.1) is 11.6 Å². The van der Waals surface area contributed by atoms with Crippen molar-refractivity contribution in [3.05, 3.63) is 23.0 Å². The number of hydrogen-bond acceptors (Lipinski definition) is 2. The van der Waals surface area contributed by atoms with Crippen LogP contribution in [0.5, 0.6) is 0 Å². The van der Waals surface area contributed by atoms with E-state index in [1.165, 1.54) is 24.3 Å². The summed E-state index contributed by atoms with van der Waals surface area (Å²) in [6.07, 6.45) is 2.48. The highest BCUT2D eigenvalue weighted by Crippen LogP contribution is 2.31. The second-order valence-corrected chi connectivity index (χ2v) is 6.81. The molecule has 0 amide bonds. The predicted octanol–water partition coefficient (Wildman–Crippen LogP) is 3.98. The molecule has 2 nitrogen and oxygen atoms in total. The molecule has 0 aromatic carbocycles. The maximum Gasteiger partial charge on any atom is 0.182 e.